The maximum atomic E-state index is 13.6. The first-order valence-corrected chi connectivity index (χ1v) is 11.2. The van der Waals surface area contributed by atoms with Gasteiger partial charge in [-0.3, -0.25) is 28.8 Å². The number of aromatic hydroxyl groups is 1. The molecule has 180 valence electrons. The minimum Gasteiger partial charge on any atom is -0.507 e. The number of hydrogen-bond donors (Lipinski definition) is 4. The Kier molecular flexibility index (Phi) is 5.67. The van der Waals surface area contributed by atoms with Crippen LogP contribution in [0, 0.1) is 23.7 Å². The van der Waals surface area contributed by atoms with Gasteiger partial charge in [0, 0.05) is 31.4 Å². The highest BCUT2D eigenvalue weighted by Crippen LogP contribution is 2.50. The van der Waals surface area contributed by atoms with Gasteiger partial charge >= 0.3 is 0 Å². The molecule has 0 radical (unpaired) electrons. The van der Waals surface area contributed by atoms with Crippen molar-refractivity contribution < 1.29 is 39.0 Å². The van der Waals surface area contributed by atoms with Gasteiger partial charge in [-0.1, -0.05) is 13.0 Å². The minimum absolute atomic E-state index is 0.0241. The molecule has 3 aliphatic rings. The average Bonchev–Trinajstić information content (AvgIpc) is 2.75. The fraction of sp³-hybridized carbons (Fsp3) is 0.500. The number of rotatable bonds is 4. The maximum absolute atomic E-state index is 13.6. The molecule has 10 nitrogen and oxygen atoms in total. The van der Waals surface area contributed by atoms with Crippen molar-refractivity contribution in [3.8, 4) is 5.75 Å². The summed E-state index contributed by atoms with van der Waals surface area (Å²) < 4.78 is 0. The van der Waals surface area contributed by atoms with Gasteiger partial charge in [0.05, 0.1) is 11.5 Å². The van der Waals surface area contributed by atoms with Crippen LogP contribution in [0.5, 0.6) is 5.75 Å². The fourth-order valence-electron chi connectivity index (χ4n) is 5.84. The average molecular weight is 470 g/mol. The molecule has 0 saturated heterocycles. The van der Waals surface area contributed by atoms with Crippen molar-refractivity contribution in [2.45, 2.75) is 51.7 Å². The van der Waals surface area contributed by atoms with Crippen molar-refractivity contribution in [1.82, 2.24) is 5.32 Å². The Morgan fingerprint density at radius 2 is 1.82 bits per heavy atom. The van der Waals surface area contributed by atoms with Crippen LogP contribution in [0.4, 0.5) is 0 Å². The summed E-state index contributed by atoms with van der Waals surface area (Å²) in [5.74, 6) is -10.7. The molecule has 5 atom stereocenters. The Morgan fingerprint density at radius 3 is 2.41 bits per heavy atom. The lowest BCUT2D eigenvalue weighted by Crippen LogP contribution is -2.68. The Bertz CT molecular complexity index is 1170. The van der Waals surface area contributed by atoms with Crippen LogP contribution in [-0.4, -0.2) is 50.8 Å². The SMILES string of the molecule is CCc1cc(CNC(C)=O)c(O)c2c1C[C@H]1C[C@H]3CC(=O)C(C(N)=O)C(=O)[C@@]3(O)C(=O)C1C2=O. The normalized spacial score (nSPS) is 30.3. The van der Waals surface area contributed by atoms with Crippen LogP contribution in [-0.2, 0) is 43.4 Å². The number of phenols is 1. The second-order valence-corrected chi connectivity index (χ2v) is 9.40. The molecular formula is C24H26N2O8. The third-order valence-electron chi connectivity index (χ3n) is 7.48. The van der Waals surface area contributed by atoms with Crippen LogP contribution in [0.25, 0.3) is 0 Å². The number of benzene rings is 1. The van der Waals surface area contributed by atoms with Crippen molar-refractivity contribution in [3.63, 3.8) is 0 Å². The number of Topliss-reactive ketones (excluding diaryl/α,β-unsaturated/α-hetero) is 4. The summed E-state index contributed by atoms with van der Waals surface area (Å²) in [6, 6.07) is 1.71. The van der Waals surface area contributed by atoms with E-state index >= 15 is 0 Å². The third-order valence-corrected chi connectivity index (χ3v) is 7.48. The molecule has 0 spiro atoms. The maximum Gasteiger partial charge on any atom is 0.235 e. The van der Waals surface area contributed by atoms with Crippen molar-refractivity contribution in [2.75, 3.05) is 0 Å². The molecule has 2 unspecified atom stereocenters. The highest BCUT2D eigenvalue weighted by atomic mass is 16.3. The molecule has 3 aliphatic carbocycles. The van der Waals surface area contributed by atoms with Gasteiger partial charge in [-0.25, -0.2) is 0 Å². The van der Waals surface area contributed by atoms with E-state index in [1.54, 1.807) is 6.07 Å². The number of phenolic OH excluding ortho intramolecular Hbond substituents is 1. The number of ketones is 4. The number of carbonyl (C=O) groups is 6. The predicted octanol–water partition coefficient (Wildman–Crippen LogP) is -0.475. The molecule has 10 heteroatoms. The summed E-state index contributed by atoms with van der Waals surface area (Å²) >= 11 is 0. The standard InChI is InChI=1S/C24H26N2O8/c1-3-10-4-12(8-26-9(2)27)19(29)17-14(10)6-11-5-13-7-15(28)18(23(25)33)22(32)24(13,34)21(31)16(11)20(17)30/h4,11,13,16,18,29,34H,3,5-8H2,1-2H3,(H2,25,33)(H,26,27)/t11-,13+,16?,18?,24+/m1/s1. The van der Waals surface area contributed by atoms with Gasteiger partial charge in [0.15, 0.2) is 34.7 Å². The lowest BCUT2D eigenvalue weighted by atomic mass is 9.53. The third kappa shape index (κ3) is 3.27. The smallest absolute Gasteiger partial charge is 0.235 e. The summed E-state index contributed by atoms with van der Waals surface area (Å²) in [4.78, 5) is 75.5. The van der Waals surface area contributed by atoms with E-state index in [9.17, 15) is 39.0 Å². The number of aryl methyl sites for hydroxylation is 1. The summed E-state index contributed by atoms with van der Waals surface area (Å²) in [7, 11) is 0. The Morgan fingerprint density at radius 1 is 1.15 bits per heavy atom. The van der Waals surface area contributed by atoms with Gasteiger partial charge < -0.3 is 21.3 Å². The second-order valence-electron chi connectivity index (χ2n) is 9.40. The molecule has 34 heavy (non-hydrogen) atoms. The monoisotopic (exact) mass is 470 g/mol. The lowest BCUT2D eigenvalue weighted by molar-refractivity contribution is -0.175. The summed E-state index contributed by atoms with van der Waals surface area (Å²) in [6.07, 6.45) is 0.452. The largest absolute Gasteiger partial charge is 0.507 e. The van der Waals surface area contributed by atoms with E-state index in [-0.39, 0.29) is 43.0 Å². The molecule has 0 heterocycles. The van der Waals surface area contributed by atoms with Crippen LogP contribution >= 0.6 is 0 Å². The van der Waals surface area contributed by atoms with Crippen LogP contribution in [0.15, 0.2) is 6.07 Å². The Labute approximate surface area is 194 Å². The van der Waals surface area contributed by atoms with Crippen LogP contribution in [0.2, 0.25) is 0 Å². The number of fused-ring (bicyclic) bond motifs is 3. The predicted molar refractivity (Wildman–Crippen MR) is 115 cm³/mol. The van der Waals surface area contributed by atoms with E-state index in [1.807, 2.05) is 6.92 Å². The highest BCUT2D eigenvalue weighted by Gasteiger charge is 2.66. The number of carbonyl (C=O) groups excluding carboxylic acids is 6. The van der Waals surface area contributed by atoms with Crippen molar-refractivity contribution >= 4 is 34.9 Å². The molecule has 5 N–H and O–H groups in total. The topological polar surface area (TPSA) is 181 Å². The lowest BCUT2D eigenvalue weighted by Gasteiger charge is -2.48. The minimum atomic E-state index is -2.67. The zero-order valence-electron chi connectivity index (χ0n) is 18.8. The number of primary amides is 1. The first kappa shape index (κ1) is 23.7. The zero-order valence-corrected chi connectivity index (χ0v) is 18.8. The van der Waals surface area contributed by atoms with Crippen molar-refractivity contribution in [2.24, 2.45) is 29.4 Å². The molecule has 0 aromatic heterocycles. The van der Waals surface area contributed by atoms with Gasteiger partial charge in [0.2, 0.25) is 11.8 Å². The van der Waals surface area contributed by atoms with E-state index < -0.39 is 58.3 Å². The van der Waals surface area contributed by atoms with Gasteiger partial charge in [-0.05, 0) is 36.3 Å². The van der Waals surface area contributed by atoms with Crippen LogP contribution < -0.4 is 11.1 Å². The van der Waals surface area contributed by atoms with Gasteiger partial charge in [-0.15, -0.1) is 0 Å². The molecule has 0 bridgehead atoms. The van der Waals surface area contributed by atoms with E-state index in [4.69, 9.17) is 5.73 Å². The molecule has 2 fully saturated rings. The quantitative estimate of drug-likeness (QED) is 0.426. The first-order chi connectivity index (χ1) is 15.9. The van der Waals surface area contributed by atoms with Gasteiger partial charge in [0.1, 0.15) is 5.75 Å². The molecular weight excluding hydrogens is 444 g/mol. The molecule has 1 aromatic rings. The molecule has 4 rings (SSSR count). The second kappa shape index (κ2) is 8.12. The highest BCUT2D eigenvalue weighted by molar-refractivity contribution is 6.31. The zero-order chi connectivity index (χ0) is 25.1. The number of nitrogens with two attached hydrogens (primary N) is 1. The van der Waals surface area contributed by atoms with E-state index in [0.29, 0.717) is 17.5 Å². The molecule has 0 aliphatic heterocycles. The number of amides is 2. The summed E-state index contributed by atoms with van der Waals surface area (Å²) in [5, 5.41) is 24.7. The Hall–Kier alpha value is -3.40. The van der Waals surface area contributed by atoms with E-state index in [0.717, 1.165) is 5.56 Å². The molecule has 2 saturated carbocycles. The van der Waals surface area contributed by atoms with E-state index in [2.05, 4.69) is 5.32 Å². The van der Waals surface area contributed by atoms with E-state index in [1.165, 1.54) is 6.92 Å². The van der Waals surface area contributed by atoms with Crippen molar-refractivity contribution in [1.29, 1.82) is 0 Å². The first-order valence-electron chi connectivity index (χ1n) is 11.2. The number of nitrogens with one attached hydrogen (secondary N) is 1. The molecule has 2 amide bonds. The van der Waals surface area contributed by atoms with Crippen molar-refractivity contribution in [3.05, 3.63) is 28.3 Å². The molecule has 1 aromatic carbocycles. The van der Waals surface area contributed by atoms with Crippen LogP contribution in [0.3, 0.4) is 0 Å². The number of aliphatic hydroxyl groups is 1. The van der Waals surface area contributed by atoms with Crippen LogP contribution in [0.1, 0.15) is 53.7 Å². The van der Waals surface area contributed by atoms with Gasteiger partial charge in [0.25, 0.3) is 0 Å². The Balaban J connectivity index is 1.80. The number of hydrogen-bond acceptors (Lipinski definition) is 8. The summed E-state index contributed by atoms with van der Waals surface area (Å²) in [6.45, 7) is 3.16. The van der Waals surface area contributed by atoms with Gasteiger partial charge in [-0.2, -0.15) is 0 Å². The summed E-state index contributed by atoms with van der Waals surface area (Å²) in [5.41, 5.74) is 4.13. The fourth-order valence-corrected chi connectivity index (χ4v) is 5.84.